The van der Waals surface area contributed by atoms with Gasteiger partial charge >= 0.3 is 5.97 Å². The molecule has 0 saturated carbocycles. The first-order valence-electron chi connectivity index (χ1n) is 8.33. The molecule has 134 valence electrons. The van der Waals surface area contributed by atoms with E-state index < -0.39 is 16.0 Å². The second kappa shape index (κ2) is 7.68. The van der Waals surface area contributed by atoms with Crippen molar-refractivity contribution >= 4 is 16.0 Å². The van der Waals surface area contributed by atoms with Crippen LogP contribution in [-0.2, 0) is 10.0 Å². The van der Waals surface area contributed by atoms with Gasteiger partial charge in [-0.2, -0.15) is 9.57 Å². The Bertz CT molecular complexity index is 940. The van der Waals surface area contributed by atoms with Crippen LogP contribution in [0.3, 0.4) is 0 Å². The van der Waals surface area contributed by atoms with Crippen LogP contribution in [0.2, 0.25) is 0 Å². The number of sulfonamides is 1. The summed E-state index contributed by atoms with van der Waals surface area (Å²) in [4.78, 5) is 12.4. The fourth-order valence-corrected chi connectivity index (χ4v) is 4.33. The minimum absolute atomic E-state index is 0.169. The molecule has 26 heavy (non-hydrogen) atoms. The predicted octanol–water partition coefficient (Wildman–Crippen LogP) is 2.95. The normalized spacial score (nSPS) is 15.2. The lowest BCUT2D eigenvalue weighted by Crippen LogP contribution is -2.35. The molecule has 1 fully saturated rings. The third kappa shape index (κ3) is 3.93. The predicted molar refractivity (Wildman–Crippen MR) is 95.2 cm³/mol. The maximum Gasteiger partial charge on any atom is 0.343 e. The monoisotopic (exact) mass is 370 g/mol. The van der Waals surface area contributed by atoms with Gasteiger partial charge in [-0.15, -0.1) is 0 Å². The van der Waals surface area contributed by atoms with Gasteiger partial charge in [-0.3, -0.25) is 0 Å². The third-order valence-corrected chi connectivity index (χ3v) is 6.13. The van der Waals surface area contributed by atoms with Crippen molar-refractivity contribution in [3.8, 4) is 11.8 Å². The van der Waals surface area contributed by atoms with Crippen LogP contribution in [0.1, 0.15) is 35.2 Å². The highest BCUT2D eigenvalue weighted by Gasteiger charge is 2.26. The maximum atomic E-state index is 12.6. The van der Waals surface area contributed by atoms with E-state index in [1.165, 1.54) is 34.6 Å². The summed E-state index contributed by atoms with van der Waals surface area (Å²) in [5.41, 5.74) is 0.628. The number of carbonyl (C=O) groups is 1. The molecule has 0 unspecified atom stereocenters. The SMILES string of the molecule is N#Cc1cccc(OC(=O)c2ccc(S(=O)(=O)N3CCCCC3)cc2)c1. The smallest absolute Gasteiger partial charge is 0.343 e. The van der Waals surface area contributed by atoms with E-state index in [9.17, 15) is 13.2 Å². The molecule has 6 nitrogen and oxygen atoms in total. The van der Waals surface area contributed by atoms with E-state index in [-0.39, 0.29) is 16.2 Å². The Labute approximate surface area is 152 Å². The Kier molecular flexibility index (Phi) is 5.35. The van der Waals surface area contributed by atoms with Gasteiger partial charge in [-0.1, -0.05) is 12.5 Å². The molecule has 1 aliphatic heterocycles. The molecule has 0 aliphatic carbocycles. The van der Waals surface area contributed by atoms with Crippen molar-refractivity contribution in [1.29, 1.82) is 5.26 Å². The number of piperidine rings is 1. The van der Waals surface area contributed by atoms with Crippen LogP contribution < -0.4 is 4.74 Å². The molecule has 0 aromatic heterocycles. The summed E-state index contributed by atoms with van der Waals surface area (Å²) in [6.07, 6.45) is 2.78. The van der Waals surface area contributed by atoms with Gasteiger partial charge < -0.3 is 4.74 Å². The summed E-state index contributed by atoms with van der Waals surface area (Å²) in [5, 5.41) is 8.88. The number of ether oxygens (including phenoxy) is 1. The van der Waals surface area contributed by atoms with Crippen molar-refractivity contribution in [1.82, 2.24) is 4.31 Å². The highest BCUT2D eigenvalue weighted by atomic mass is 32.2. The highest BCUT2D eigenvalue weighted by Crippen LogP contribution is 2.21. The van der Waals surface area contributed by atoms with E-state index in [0.29, 0.717) is 18.7 Å². The molecular formula is C19H18N2O4S. The molecule has 0 spiro atoms. The zero-order chi connectivity index (χ0) is 18.6. The molecular weight excluding hydrogens is 352 g/mol. The van der Waals surface area contributed by atoms with Gasteiger partial charge in [0, 0.05) is 13.1 Å². The van der Waals surface area contributed by atoms with Crippen molar-refractivity contribution in [2.45, 2.75) is 24.2 Å². The average Bonchev–Trinajstić information content (AvgIpc) is 2.69. The summed E-state index contributed by atoms with van der Waals surface area (Å²) in [5.74, 6) is -0.346. The van der Waals surface area contributed by atoms with Gasteiger partial charge in [0.15, 0.2) is 0 Å². The summed E-state index contributed by atoms with van der Waals surface area (Å²) in [6, 6.07) is 14.0. The minimum Gasteiger partial charge on any atom is -0.423 e. The van der Waals surface area contributed by atoms with Gasteiger partial charge in [-0.05, 0) is 55.3 Å². The number of rotatable bonds is 4. The Balaban J connectivity index is 1.74. The second-order valence-electron chi connectivity index (χ2n) is 6.02. The van der Waals surface area contributed by atoms with E-state index in [4.69, 9.17) is 10.00 Å². The Morgan fingerprint density at radius 2 is 1.73 bits per heavy atom. The summed E-state index contributed by atoms with van der Waals surface area (Å²) in [6.45, 7) is 1.06. The second-order valence-corrected chi connectivity index (χ2v) is 7.96. The number of hydrogen-bond donors (Lipinski definition) is 0. The van der Waals surface area contributed by atoms with E-state index in [2.05, 4.69) is 0 Å². The van der Waals surface area contributed by atoms with Gasteiger partial charge in [-0.25, -0.2) is 13.2 Å². The zero-order valence-corrected chi connectivity index (χ0v) is 14.9. The van der Waals surface area contributed by atoms with Crippen molar-refractivity contribution in [3.05, 3.63) is 59.7 Å². The summed E-state index contributed by atoms with van der Waals surface area (Å²) >= 11 is 0. The Morgan fingerprint density at radius 3 is 2.38 bits per heavy atom. The number of esters is 1. The first-order valence-corrected chi connectivity index (χ1v) is 9.77. The van der Waals surface area contributed by atoms with E-state index in [1.54, 1.807) is 18.2 Å². The molecule has 0 atom stereocenters. The van der Waals surface area contributed by atoms with Gasteiger partial charge in [0.1, 0.15) is 5.75 Å². The minimum atomic E-state index is -3.53. The largest absolute Gasteiger partial charge is 0.423 e. The fraction of sp³-hybridized carbons (Fsp3) is 0.263. The van der Waals surface area contributed by atoms with E-state index >= 15 is 0 Å². The third-order valence-electron chi connectivity index (χ3n) is 4.22. The average molecular weight is 370 g/mol. The molecule has 0 N–H and O–H groups in total. The standard InChI is InChI=1S/C19H18N2O4S/c20-14-15-5-4-6-17(13-15)25-19(22)16-7-9-18(10-8-16)26(23,24)21-11-2-1-3-12-21/h4-10,13H,1-3,11-12H2. The first kappa shape index (κ1) is 18.1. The number of carbonyl (C=O) groups excluding carboxylic acids is 1. The maximum absolute atomic E-state index is 12.6. The van der Waals surface area contributed by atoms with Crippen molar-refractivity contribution in [3.63, 3.8) is 0 Å². The number of hydrogen-bond acceptors (Lipinski definition) is 5. The highest BCUT2D eigenvalue weighted by molar-refractivity contribution is 7.89. The van der Waals surface area contributed by atoms with E-state index in [1.807, 2.05) is 6.07 Å². The summed E-state index contributed by atoms with van der Waals surface area (Å²) < 4.78 is 31.9. The quantitative estimate of drug-likeness (QED) is 0.610. The molecule has 2 aromatic carbocycles. The van der Waals surface area contributed by atoms with Crippen LogP contribution in [0.4, 0.5) is 0 Å². The van der Waals surface area contributed by atoms with Gasteiger partial charge in [0.2, 0.25) is 10.0 Å². The number of nitriles is 1. The zero-order valence-electron chi connectivity index (χ0n) is 14.1. The summed E-state index contributed by atoms with van der Waals surface area (Å²) in [7, 11) is -3.53. The molecule has 0 bridgehead atoms. The number of nitrogens with zero attached hydrogens (tertiary/aromatic N) is 2. The fourth-order valence-electron chi connectivity index (χ4n) is 2.81. The van der Waals surface area contributed by atoms with Crippen LogP contribution in [-0.4, -0.2) is 31.8 Å². The van der Waals surface area contributed by atoms with Crippen LogP contribution in [0.15, 0.2) is 53.4 Å². The van der Waals surface area contributed by atoms with Gasteiger partial charge in [0.05, 0.1) is 22.1 Å². The van der Waals surface area contributed by atoms with Crippen LogP contribution in [0.5, 0.6) is 5.75 Å². The molecule has 3 rings (SSSR count). The molecule has 2 aromatic rings. The molecule has 1 heterocycles. The molecule has 1 aliphatic rings. The molecule has 1 saturated heterocycles. The lowest BCUT2D eigenvalue weighted by molar-refractivity contribution is 0.0734. The lowest BCUT2D eigenvalue weighted by atomic mass is 10.2. The molecule has 7 heteroatoms. The van der Waals surface area contributed by atoms with E-state index in [0.717, 1.165) is 19.3 Å². The topological polar surface area (TPSA) is 87.5 Å². The lowest BCUT2D eigenvalue weighted by Gasteiger charge is -2.25. The van der Waals surface area contributed by atoms with Crippen LogP contribution in [0.25, 0.3) is 0 Å². The Morgan fingerprint density at radius 1 is 1.04 bits per heavy atom. The van der Waals surface area contributed by atoms with Crippen molar-refractivity contribution in [2.75, 3.05) is 13.1 Å². The van der Waals surface area contributed by atoms with Crippen LogP contribution >= 0.6 is 0 Å². The van der Waals surface area contributed by atoms with Crippen LogP contribution in [0, 0.1) is 11.3 Å². The van der Waals surface area contributed by atoms with Gasteiger partial charge in [0.25, 0.3) is 0 Å². The molecule has 0 amide bonds. The first-order chi connectivity index (χ1) is 12.5. The van der Waals surface area contributed by atoms with Crippen molar-refractivity contribution in [2.24, 2.45) is 0 Å². The van der Waals surface area contributed by atoms with Crippen molar-refractivity contribution < 1.29 is 17.9 Å². The Hall–Kier alpha value is -2.69. The molecule has 0 radical (unpaired) electrons. The number of benzene rings is 2.